The molecular weight excluding hydrogens is 300 g/mol. The number of carbonyl (C=O) groups excluding carboxylic acids is 1. The van der Waals surface area contributed by atoms with Crippen molar-refractivity contribution in [2.24, 2.45) is 11.8 Å². The molecule has 0 saturated carbocycles. The summed E-state index contributed by atoms with van der Waals surface area (Å²) in [5.74, 6) is 1.61. The molecule has 0 aliphatic carbocycles. The van der Waals surface area contributed by atoms with Gasteiger partial charge in [0.1, 0.15) is 5.69 Å². The van der Waals surface area contributed by atoms with Crippen molar-refractivity contribution in [2.45, 2.75) is 25.7 Å². The number of piperidine rings is 1. The number of hydrogen-bond donors (Lipinski definition) is 0. The molecule has 1 aromatic carbocycles. The van der Waals surface area contributed by atoms with E-state index in [-0.39, 0.29) is 5.91 Å². The van der Waals surface area contributed by atoms with Gasteiger partial charge in [0.2, 0.25) is 0 Å². The molecule has 0 N–H and O–H groups in total. The van der Waals surface area contributed by atoms with Crippen LogP contribution < -0.4 is 0 Å². The van der Waals surface area contributed by atoms with Crippen LogP contribution in [0.4, 0.5) is 0 Å². The molecule has 0 spiro atoms. The van der Waals surface area contributed by atoms with Gasteiger partial charge in [-0.05, 0) is 49.0 Å². The lowest BCUT2D eigenvalue weighted by Gasteiger charge is -2.37. The molecule has 4 heteroatoms. The Kier molecular flexibility index (Phi) is 4.48. The number of pyridine rings is 1. The van der Waals surface area contributed by atoms with Crippen molar-refractivity contribution in [3.63, 3.8) is 0 Å². The summed E-state index contributed by atoms with van der Waals surface area (Å²) in [5, 5.41) is 2.03. The van der Waals surface area contributed by atoms with E-state index in [4.69, 9.17) is 4.74 Å². The smallest absolute Gasteiger partial charge is 0.273 e. The second-order valence-electron chi connectivity index (χ2n) is 6.96. The molecule has 4 nitrogen and oxygen atoms in total. The van der Waals surface area contributed by atoms with E-state index in [0.717, 1.165) is 61.8 Å². The number of benzene rings is 1. The fraction of sp³-hybridized carbons (Fsp3) is 0.500. The maximum atomic E-state index is 12.9. The summed E-state index contributed by atoms with van der Waals surface area (Å²) < 4.78 is 5.48. The van der Waals surface area contributed by atoms with Crippen molar-refractivity contribution in [1.29, 1.82) is 0 Å². The van der Waals surface area contributed by atoms with Gasteiger partial charge in [-0.3, -0.25) is 9.78 Å². The number of likely N-dealkylation sites (tertiary alicyclic amines) is 1. The molecule has 0 atom stereocenters. The molecule has 1 aromatic heterocycles. The van der Waals surface area contributed by atoms with Gasteiger partial charge in [0.15, 0.2) is 0 Å². The van der Waals surface area contributed by atoms with Gasteiger partial charge >= 0.3 is 0 Å². The van der Waals surface area contributed by atoms with E-state index < -0.39 is 0 Å². The Balaban J connectivity index is 1.46. The van der Waals surface area contributed by atoms with Gasteiger partial charge in [0.05, 0.1) is 0 Å². The average molecular weight is 324 g/mol. The van der Waals surface area contributed by atoms with Crippen molar-refractivity contribution in [3.05, 3.63) is 42.2 Å². The minimum atomic E-state index is 0.0808. The third kappa shape index (κ3) is 3.03. The van der Waals surface area contributed by atoms with Crippen molar-refractivity contribution >= 4 is 16.7 Å². The maximum Gasteiger partial charge on any atom is 0.273 e. The van der Waals surface area contributed by atoms with Crippen LogP contribution in [0, 0.1) is 11.8 Å². The molecule has 126 valence electrons. The normalized spacial score (nSPS) is 20.4. The first-order chi connectivity index (χ1) is 11.8. The second-order valence-corrected chi connectivity index (χ2v) is 6.96. The van der Waals surface area contributed by atoms with Gasteiger partial charge in [-0.25, -0.2) is 0 Å². The van der Waals surface area contributed by atoms with Crippen LogP contribution in [0.15, 0.2) is 36.5 Å². The van der Waals surface area contributed by atoms with Crippen LogP contribution in [-0.4, -0.2) is 42.1 Å². The molecule has 2 saturated heterocycles. The fourth-order valence-electron chi connectivity index (χ4n) is 4.20. The number of nitrogens with zero attached hydrogens (tertiary/aromatic N) is 2. The van der Waals surface area contributed by atoms with Crippen molar-refractivity contribution < 1.29 is 9.53 Å². The van der Waals surface area contributed by atoms with Crippen LogP contribution in [0.5, 0.6) is 0 Å². The molecule has 0 unspecified atom stereocenters. The quantitative estimate of drug-likeness (QED) is 0.849. The number of carbonyl (C=O) groups is 1. The van der Waals surface area contributed by atoms with Crippen LogP contribution >= 0.6 is 0 Å². The molecule has 2 aromatic rings. The van der Waals surface area contributed by atoms with E-state index in [1.54, 1.807) is 6.20 Å². The minimum Gasteiger partial charge on any atom is -0.381 e. The number of fused-ring (bicyclic) bond motifs is 1. The number of ether oxygens (including phenoxy) is 1. The number of amides is 1. The van der Waals surface area contributed by atoms with Crippen LogP contribution in [0.25, 0.3) is 10.8 Å². The molecule has 2 aliphatic heterocycles. The largest absolute Gasteiger partial charge is 0.381 e. The molecule has 2 aliphatic rings. The molecule has 2 fully saturated rings. The summed E-state index contributed by atoms with van der Waals surface area (Å²) >= 11 is 0. The van der Waals surface area contributed by atoms with Crippen molar-refractivity contribution in [1.82, 2.24) is 9.88 Å². The molecule has 1 amide bonds. The van der Waals surface area contributed by atoms with Gasteiger partial charge in [0, 0.05) is 37.9 Å². The number of rotatable bonds is 2. The fourth-order valence-corrected chi connectivity index (χ4v) is 4.20. The van der Waals surface area contributed by atoms with Gasteiger partial charge in [-0.15, -0.1) is 0 Å². The highest BCUT2D eigenvalue weighted by Gasteiger charge is 2.30. The topological polar surface area (TPSA) is 42.4 Å². The van der Waals surface area contributed by atoms with Crippen LogP contribution in [-0.2, 0) is 4.74 Å². The van der Waals surface area contributed by atoms with Gasteiger partial charge < -0.3 is 9.64 Å². The Morgan fingerprint density at radius 2 is 1.71 bits per heavy atom. The van der Waals surface area contributed by atoms with Crippen LogP contribution in [0.2, 0.25) is 0 Å². The van der Waals surface area contributed by atoms with Crippen molar-refractivity contribution in [3.8, 4) is 0 Å². The molecular formula is C20H24N2O2. The lowest BCUT2D eigenvalue weighted by atomic mass is 9.80. The summed E-state index contributed by atoms with van der Waals surface area (Å²) in [6.45, 7) is 3.52. The molecule has 0 radical (unpaired) electrons. The van der Waals surface area contributed by atoms with Crippen molar-refractivity contribution in [2.75, 3.05) is 26.3 Å². The first kappa shape index (κ1) is 15.6. The SMILES string of the molecule is O=C(c1nccc2ccccc12)N1CCC(C2CCOCC2)CC1. The highest BCUT2D eigenvalue weighted by atomic mass is 16.5. The monoisotopic (exact) mass is 324 g/mol. The summed E-state index contributed by atoms with van der Waals surface area (Å²) in [4.78, 5) is 19.3. The number of hydrogen-bond acceptors (Lipinski definition) is 3. The first-order valence-corrected chi connectivity index (χ1v) is 9.04. The Bertz CT molecular complexity index is 711. The lowest BCUT2D eigenvalue weighted by Crippen LogP contribution is -2.41. The van der Waals surface area contributed by atoms with E-state index in [0.29, 0.717) is 5.69 Å². The van der Waals surface area contributed by atoms with E-state index >= 15 is 0 Å². The molecule has 4 rings (SSSR count). The molecule has 24 heavy (non-hydrogen) atoms. The third-order valence-corrected chi connectivity index (χ3v) is 5.64. The van der Waals surface area contributed by atoms with Gasteiger partial charge in [-0.1, -0.05) is 24.3 Å². The summed E-state index contributed by atoms with van der Waals surface area (Å²) in [6, 6.07) is 9.95. The Morgan fingerprint density at radius 3 is 2.50 bits per heavy atom. The molecule has 0 bridgehead atoms. The summed E-state index contributed by atoms with van der Waals surface area (Å²) in [5.41, 5.74) is 0.595. The zero-order valence-electron chi connectivity index (χ0n) is 14.0. The Morgan fingerprint density at radius 1 is 1.00 bits per heavy atom. The van der Waals surface area contributed by atoms with E-state index in [1.807, 2.05) is 35.2 Å². The Labute approximate surface area is 142 Å². The van der Waals surface area contributed by atoms with E-state index in [2.05, 4.69) is 4.98 Å². The van der Waals surface area contributed by atoms with Gasteiger partial charge in [0.25, 0.3) is 5.91 Å². The second kappa shape index (κ2) is 6.89. The maximum absolute atomic E-state index is 12.9. The zero-order valence-corrected chi connectivity index (χ0v) is 14.0. The third-order valence-electron chi connectivity index (χ3n) is 5.64. The summed E-state index contributed by atoms with van der Waals surface area (Å²) in [6.07, 6.45) is 6.33. The average Bonchev–Trinajstić information content (AvgIpc) is 2.68. The van der Waals surface area contributed by atoms with E-state index in [1.165, 1.54) is 12.8 Å². The Hall–Kier alpha value is -1.94. The highest BCUT2D eigenvalue weighted by Crippen LogP contribution is 2.32. The van der Waals surface area contributed by atoms with Crippen LogP contribution in [0.3, 0.4) is 0 Å². The predicted octanol–water partition coefficient (Wildman–Crippen LogP) is 3.51. The predicted molar refractivity (Wildman–Crippen MR) is 93.9 cm³/mol. The zero-order chi connectivity index (χ0) is 16.4. The van der Waals surface area contributed by atoms with E-state index in [9.17, 15) is 4.79 Å². The first-order valence-electron chi connectivity index (χ1n) is 9.04. The lowest BCUT2D eigenvalue weighted by molar-refractivity contribution is 0.0287. The number of aromatic nitrogens is 1. The highest BCUT2D eigenvalue weighted by molar-refractivity contribution is 6.05. The van der Waals surface area contributed by atoms with Crippen LogP contribution in [0.1, 0.15) is 36.2 Å². The standard InChI is InChI=1S/C20H24N2O2/c23-20(19-18-4-2-1-3-17(18)5-10-21-19)22-11-6-15(7-12-22)16-8-13-24-14-9-16/h1-5,10,15-16H,6-9,11-14H2. The minimum absolute atomic E-state index is 0.0808. The molecule has 3 heterocycles. The summed E-state index contributed by atoms with van der Waals surface area (Å²) in [7, 11) is 0. The van der Waals surface area contributed by atoms with Gasteiger partial charge in [-0.2, -0.15) is 0 Å².